The van der Waals surface area contributed by atoms with E-state index >= 15 is 0 Å². The standard InChI is InChI=1S/C12H15NO2/c1-8-6-10-11(7-9(8)2)15-5-4-12(14)13(10)3/h6-7H,4-5H2,1-3H3. The van der Waals surface area contributed by atoms with E-state index in [1.807, 2.05) is 26.0 Å². The fourth-order valence-corrected chi connectivity index (χ4v) is 1.70. The van der Waals surface area contributed by atoms with Gasteiger partial charge in [0.05, 0.1) is 18.7 Å². The maximum absolute atomic E-state index is 11.6. The lowest BCUT2D eigenvalue weighted by atomic mass is 10.1. The molecule has 2 rings (SSSR count). The Morgan fingerprint density at radius 3 is 2.67 bits per heavy atom. The number of carbonyl (C=O) groups excluding carboxylic acids is 1. The van der Waals surface area contributed by atoms with Crippen LogP contribution in [0.1, 0.15) is 17.5 Å². The first-order chi connectivity index (χ1) is 7.09. The minimum absolute atomic E-state index is 0.108. The predicted octanol–water partition coefficient (Wildman–Crippen LogP) is 2.05. The van der Waals surface area contributed by atoms with Gasteiger partial charge in [-0.15, -0.1) is 0 Å². The molecule has 0 aliphatic carbocycles. The molecule has 3 heteroatoms. The zero-order valence-electron chi connectivity index (χ0n) is 9.33. The summed E-state index contributed by atoms with van der Waals surface area (Å²) in [6.07, 6.45) is 0.448. The molecule has 0 saturated carbocycles. The maximum Gasteiger partial charge on any atom is 0.230 e. The summed E-state index contributed by atoms with van der Waals surface area (Å²) < 4.78 is 5.56. The number of benzene rings is 1. The zero-order valence-corrected chi connectivity index (χ0v) is 9.33. The number of fused-ring (bicyclic) bond motifs is 1. The second-order valence-electron chi connectivity index (χ2n) is 3.96. The molecule has 1 aromatic carbocycles. The van der Waals surface area contributed by atoms with Crippen LogP contribution in [-0.2, 0) is 4.79 Å². The first kappa shape index (κ1) is 10.0. The first-order valence-electron chi connectivity index (χ1n) is 5.10. The van der Waals surface area contributed by atoms with Crippen LogP contribution in [0.25, 0.3) is 0 Å². The molecule has 1 heterocycles. The van der Waals surface area contributed by atoms with E-state index < -0.39 is 0 Å². The molecule has 1 aromatic rings. The molecule has 1 aliphatic rings. The average Bonchev–Trinajstić information content (AvgIpc) is 2.32. The number of aryl methyl sites for hydroxylation is 2. The summed E-state index contributed by atoms with van der Waals surface area (Å²) in [5.74, 6) is 0.920. The molecule has 0 spiro atoms. The van der Waals surface area contributed by atoms with Crippen LogP contribution in [0.4, 0.5) is 5.69 Å². The zero-order chi connectivity index (χ0) is 11.0. The number of anilines is 1. The van der Waals surface area contributed by atoms with E-state index in [1.54, 1.807) is 11.9 Å². The molecule has 0 bridgehead atoms. The second-order valence-corrected chi connectivity index (χ2v) is 3.96. The smallest absolute Gasteiger partial charge is 0.230 e. The van der Waals surface area contributed by atoms with Crippen molar-refractivity contribution < 1.29 is 9.53 Å². The molecule has 1 aliphatic heterocycles. The van der Waals surface area contributed by atoms with Crippen LogP contribution >= 0.6 is 0 Å². The van der Waals surface area contributed by atoms with Gasteiger partial charge in [0.15, 0.2) is 0 Å². The van der Waals surface area contributed by atoms with Gasteiger partial charge in [-0.05, 0) is 37.1 Å². The molecular formula is C12H15NO2. The highest BCUT2D eigenvalue weighted by atomic mass is 16.5. The van der Waals surface area contributed by atoms with Gasteiger partial charge in [-0.1, -0.05) is 0 Å². The number of hydrogen-bond acceptors (Lipinski definition) is 2. The fourth-order valence-electron chi connectivity index (χ4n) is 1.70. The molecule has 1 amide bonds. The Morgan fingerprint density at radius 2 is 1.93 bits per heavy atom. The normalized spacial score (nSPS) is 15.7. The fraction of sp³-hybridized carbons (Fsp3) is 0.417. The summed E-state index contributed by atoms with van der Waals surface area (Å²) in [5, 5.41) is 0. The molecule has 0 N–H and O–H groups in total. The van der Waals surface area contributed by atoms with Crippen LogP contribution in [0.3, 0.4) is 0 Å². The number of carbonyl (C=O) groups is 1. The molecule has 0 unspecified atom stereocenters. The summed E-state index contributed by atoms with van der Waals surface area (Å²) in [4.78, 5) is 13.3. The summed E-state index contributed by atoms with van der Waals surface area (Å²) >= 11 is 0. The number of nitrogens with zero attached hydrogens (tertiary/aromatic N) is 1. The van der Waals surface area contributed by atoms with Crippen LogP contribution in [-0.4, -0.2) is 19.6 Å². The average molecular weight is 205 g/mol. The third-order valence-corrected chi connectivity index (χ3v) is 2.88. The Bertz CT molecular complexity index is 412. The molecule has 15 heavy (non-hydrogen) atoms. The van der Waals surface area contributed by atoms with E-state index in [9.17, 15) is 4.79 Å². The SMILES string of the molecule is Cc1cc2c(cc1C)N(C)C(=O)CCO2. The molecular weight excluding hydrogens is 190 g/mol. The maximum atomic E-state index is 11.6. The van der Waals surface area contributed by atoms with Crippen molar-refractivity contribution in [3.05, 3.63) is 23.3 Å². The number of ether oxygens (including phenoxy) is 1. The summed E-state index contributed by atoms with van der Waals surface area (Å²) in [5.41, 5.74) is 3.25. The van der Waals surface area contributed by atoms with E-state index in [2.05, 4.69) is 0 Å². The molecule has 0 atom stereocenters. The Labute approximate surface area is 89.7 Å². The van der Waals surface area contributed by atoms with Crippen LogP contribution in [0.2, 0.25) is 0 Å². The molecule has 0 radical (unpaired) electrons. The van der Waals surface area contributed by atoms with Gasteiger partial charge >= 0.3 is 0 Å². The van der Waals surface area contributed by atoms with Gasteiger partial charge < -0.3 is 9.64 Å². The van der Waals surface area contributed by atoms with Gasteiger partial charge in [0.25, 0.3) is 0 Å². The minimum Gasteiger partial charge on any atom is -0.491 e. The minimum atomic E-state index is 0.108. The van der Waals surface area contributed by atoms with E-state index in [1.165, 1.54) is 11.1 Å². The Kier molecular flexibility index (Phi) is 2.39. The Balaban J connectivity index is 2.54. The highest BCUT2D eigenvalue weighted by Gasteiger charge is 2.20. The third-order valence-electron chi connectivity index (χ3n) is 2.88. The Morgan fingerprint density at radius 1 is 1.27 bits per heavy atom. The van der Waals surface area contributed by atoms with Gasteiger partial charge in [-0.25, -0.2) is 0 Å². The van der Waals surface area contributed by atoms with Crippen LogP contribution in [0.15, 0.2) is 12.1 Å². The van der Waals surface area contributed by atoms with Crippen LogP contribution in [0, 0.1) is 13.8 Å². The summed E-state index contributed by atoms with van der Waals surface area (Å²) in [6, 6.07) is 4.01. The summed E-state index contributed by atoms with van der Waals surface area (Å²) in [6.45, 7) is 4.56. The topological polar surface area (TPSA) is 29.5 Å². The van der Waals surface area contributed by atoms with Crippen molar-refractivity contribution in [3.63, 3.8) is 0 Å². The largest absolute Gasteiger partial charge is 0.491 e. The van der Waals surface area contributed by atoms with Crippen molar-refractivity contribution in [2.24, 2.45) is 0 Å². The molecule has 80 valence electrons. The Hall–Kier alpha value is -1.51. The van der Waals surface area contributed by atoms with Crippen LogP contribution < -0.4 is 9.64 Å². The third kappa shape index (κ3) is 1.69. The van der Waals surface area contributed by atoms with Gasteiger partial charge in [0, 0.05) is 7.05 Å². The number of hydrogen-bond donors (Lipinski definition) is 0. The number of amides is 1. The lowest BCUT2D eigenvalue weighted by Gasteiger charge is -2.17. The van der Waals surface area contributed by atoms with Crippen molar-refractivity contribution in [3.8, 4) is 5.75 Å². The van der Waals surface area contributed by atoms with Crippen LogP contribution in [0.5, 0.6) is 5.75 Å². The van der Waals surface area contributed by atoms with Crippen molar-refractivity contribution in [1.29, 1.82) is 0 Å². The quantitative estimate of drug-likeness (QED) is 0.648. The molecule has 3 nitrogen and oxygen atoms in total. The van der Waals surface area contributed by atoms with Gasteiger partial charge in [-0.3, -0.25) is 4.79 Å². The van der Waals surface area contributed by atoms with E-state index in [0.717, 1.165) is 11.4 Å². The highest BCUT2D eigenvalue weighted by molar-refractivity contribution is 5.95. The highest BCUT2D eigenvalue weighted by Crippen LogP contribution is 2.33. The molecule has 0 fully saturated rings. The van der Waals surface area contributed by atoms with E-state index in [4.69, 9.17) is 4.74 Å². The van der Waals surface area contributed by atoms with E-state index in [0.29, 0.717) is 13.0 Å². The van der Waals surface area contributed by atoms with E-state index in [-0.39, 0.29) is 5.91 Å². The molecule has 0 saturated heterocycles. The second kappa shape index (κ2) is 3.57. The molecule has 0 aromatic heterocycles. The van der Waals surface area contributed by atoms with Gasteiger partial charge in [0.2, 0.25) is 5.91 Å². The number of rotatable bonds is 0. The van der Waals surface area contributed by atoms with Crippen molar-refractivity contribution >= 4 is 11.6 Å². The predicted molar refractivity (Wildman–Crippen MR) is 59.4 cm³/mol. The van der Waals surface area contributed by atoms with Crippen molar-refractivity contribution in [2.45, 2.75) is 20.3 Å². The first-order valence-corrected chi connectivity index (χ1v) is 5.10. The van der Waals surface area contributed by atoms with Gasteiger partial charge in [0.1, 0.15) is 5.75 Å². The van der Waals surface area contributed by atoms with Gasteiger partial charge in [-0.2, -0.15) is 0 Å². The lowest BCUT2D eigenvalue weighted by Crippen LogP contribution is -2.25. The lowest BCUT2D eigenvalue weighted by molar-refractivity contribution is -0.118. The summed E-state index contributed by atoms with van der Waals surface area (Å²) in [7, 11) is 1.80. The van der Waals surface area contributed by atoms with Crippen molar-refractivity contribution in [1.82, 2.24) is 0 Å². The monoisotopic (exact) mass is 205 g/mol. The van der Waals surface area contributed by atoms with Crippen molar-refractivity contribution in [2.75, 3.05) is 18.6 Å².